The lowest BCUT2D eigenvalue weighted by Gasteiger charge is -2.60. The molecule has 23 heavy (non-hydrogen) atoms. The third kappa shape index (κ3) is 2.23. The maximum Gasteiger partial charge on any atom is 0.213 e. The molecule has 0 atom stereocenters. The van der Waals surface area contributed by atoms with Gasteiger partial charge in [0.25, 0.3) is 0 Å². The van der Waals surface area contributed by atoms with Crippen LogP contribution in [0.5, 0.6) is 0 Å². The SMILES string of the molecule is CCS(=O)(=O)N1CC2(CC(N(C)c3ncnc4[nH]ccc34)C2)C1. The third-order valence-electron chi connectivity index (χ3n) is 5.33. The van der Waals surface area contributed by atoms with Crippen molar-refractivity contribution in [3.05, 3.63) is 18.6 Å². The van der Waals surface area contributed by atoms with Crippen LogP contribution >= 0.6 is 0 Å². The molecule has 0 unspecified atom stereocenters. The van der Waals surface area contributed by atoms with Crippen LogP contribution in [0.1, 0.15) is 19.8 Å². The minimum absolute atomic E-state index is 0.186. The van der Waals surface area contributed by atoms with E-state index in [1.54, 1.807) is 17.6 Å². The average Bonchev–Trinajstić information content (AvgIpc) is 2.92. The van der Waals surface area contributed by atoms with E-state index in [2.05, 4.69) is 26.9 Å². The van der Waals surface area contributed by atoms with Crippen LogP contribution in [0.25, 0.3) is 11.0 Å². The number of hydrogen-bond donors (Lipinski definition) is 1. The van der Waals surface area contributed by atoms with Gasteiger partial charge in [-0.3, -0.25) is 0 Å². The number of hydrogen-bond acceptors (Lipinski definition) is 5. The molecular weight excluding hydrogens is 314 g/mol. The van der Waals surface area contributed by atoms with Gasteiger partial charge >= 0.3 is 0 Å². The van der Waals surface area contributed by atoms with Gasteiger partial charge in [-0.15, -0.1) is 0 Å². The van der Waals surface area contributed by atoms with E-state index >= 15 is 0 Å². The van der Waals surface area contributed by atoms with E-state index in [9.17, 15) is 8.42 Å². The van der Waals surface area contributed by atoms with Gasteiger partial charge in [-0.1, -0.05) is 0 Å². The smallest absolute Gasteiger partial charge is 0.213 e. The second-order valence-electron chi connectivity index (χ2n) is 6.78. The van der Waals surface area contributed by atoms with Crippen molar-refractivity contribution < 1.29 is 8.42 Å². The van der Waals surface area contributed by atoms with Gasteiger partial charge in [-0.05, 0) is 25.8 Å². The van der Waals surface area contributed by atoms with Crippen molar-refractivity contribution in [2.45, 2.75) is 25.8 Å². The normalized spacial score (nSPS) is 21.3. The highest BCUT2D eigenvalue weighted by Gasteiger charge is 2.56. The first kappa shape index (κ1) is 14.9. The molecule has 1 N–H and O–H groups in total. The second kappa shape index (κ2) is 4.91. The van der Waals surface area contributed by atoms with Crippen molar-refractivity contribution in [1.82, 2.24) is 19.3 Å². The van der Waals surface area contributed by atoms with E-state index in [1.165, 1.54) is 0 Å². The summed E-state index contributed by atoms with van der Waals surface area (Å²) in [4.78, 5) is 14.0. The van der Waals surface area contributed by atoms with Crippen molar-refractivity contribution in [1.29, 1.82) is 0 Å². The molecule has 0 amide bonds. The number of nitrogens with one attached hydrogen (secondary N) is 1. The number of H-pyrrole nitrogens is 1. The predicted molar refractivity (Wildman–Crippen MR) is 88.8 cm³/mol. The first-order valence-corrected chi connectivity index (χ1v) is 9.54. The Labute approximate surface area is 135 Å². The zero-order valence-corrected chi connectivity index (χ0v) is 14.2. The molecular formula is C15H21N5O2S. The van der Waals surface area contributed by atoms with Gasteiger partial charge in [0, 0.05) is 37.8 Å². The summed E-state index contributed by atoms with van der Waals surface area (Å²) in [5.41, 5.74) is 1.03. The van der Waals surface area contributed by atoms with Crippen LogP contribution in [0.3, 0.4) is 0 Å². The first-order valence-electron chi connectivity index (χ1n) is 7.93. The van der Waals surface area contributed by atoms with Gasteiger partial charge in [0.05, 0.1) is 11.1 Å². The van der Waals surface area contributed by atoms with E-state index in [1.807, 2.05) is 12.3 Å². The van der Waals surface area contributed by atoms with Gasteiger partial charge in [-0.25, -0.2) is 22.7 Å². The molecule has 0 aromatic carbocycles. The van der Waals surface area contributed by atoms with Gasteiger partial charge in [0.1, 0.15) is 17.8 Å². The quantitative estimate of drug-likeness (QED) is 0.908. The molecule has 8 heteroatoms. The number of nitrogens with zero attached hydrogens (tertiary/aromatic N) is 4. The van der Waals surface area contributed by atoms with E-state index < -0.39 is 10.0 Å². The lowest BCUT2D eigenvalue weighted by molar-refractivity contribution is -0.0240. The number of aromatic amines is 1. The summed E-state index contributed by atoms with van der Waals surface area (Å²) < 4.78 is 25.3. The highest BCUT2D eigenvalue weighted by molar-refractivity contribution is 7.89. The van der Waals surface area contributed by atoms with Crippen molar-refractivity contribution in [3.63, 3.8) is 0 Å². The van der Waals surface area contributed by atoms with Crippen LogP contribution in [0.2, 0.25) is 0 Å². The fraction of sp³-hybridized carbons (Fsp3) is 0.600. The average molecular weight is 335 g/mol. The molecule has 1 saturated heterocycles. The van der Waals surface area contributed by atoms with Crippen molar-refractivity contribution in [2.24, 2.45) is 5.41 Å². The maximum atomic E-state index is 11.9. The van der Waals surface area contributed by atoms with E-state index in [-0.39, 0.29) is 11.2 Å². The maximum absolute atomic E-state index is 11.9. The molecule has 2 aromatic heterocycles. The molecule has 1 aliphatic carbocycles. The monoisotopic (exact) mass is 335 g/mol. The summed E-state index contributed by atoms with van der Waals surface area (Å²) in [6, 6.07) is 2.41. The molecule has 2 fully saturated rings. The lowest BCUT2D eigenvalue weighted by Crippen LogP contribution is -2.67. The summed E-state index contributed by atoms with van der Waals surface area (Å²) >= 11 is 0. The fourth-order valence-electron chi connectivity index (χ4n) is 3.87. The standard InChI is InChI=1S/C15H21N5O2S/c1-3-23(21,22)20-8-15(9-20)6-11(7-15)19(2)14-12-4-5-16-13(12)17-10-18-14/h4-5,10-11H,3,6-9H2,1-2H3,(H,16,17,18). The second-order valence-corrected chi connectivity index (χ2v) is 9.04. The molecule has 7 nitrogen and oxygen atoms in total. The summed E-state index contributed by atoms with van der Waals surface area (Å²) in [7, 11) is -0.964. The number of anilines is 1. The number of aromatic nitrogens is 3. The van der Waals surface area contributed by atoms with Gasteiger partial charge in [0.15, 0.2) is 0 Å². The highest BCUT2D eigenvalue weighted by atomic mass is 32.2. The van der Waals surface area contributed by atoms with E-state index in [0.717, 1.165) is 29.7 Å². The molecule has 0 bridgehead atoms. The molecule has 1 aliphatic heterocycles. The Hall–Kier alpha value is -1.67. The molecule has 3 heterocycles. The molecule has 124 valence electrons. The van der Waals surface area contributed by atoms with Crippen LogP contribution in [-0.4, -0.2) is 59.6 Å². The van der Waals surface area contributed by atoms with Gasteiger partial charge in [-0.2, -0.15) is 0 Å². The van der Waals surface area contributed by atoms with E-state index in [0.29, 0.717) is 19.1 Å². The number of rotatable bonds is 4. The fourth-order valence-corrected chi connectivity index (χ4v) is 5.17. The number of sulfonamides is 1. The largest absolute Gasteiger partial charge is 0.356 e. The highest BCUT2D eigenvalue weighted by Crippen LogP contribution is 2.51. The van der Waals surface area contributed by atoms with Crippen molar-refractivity contribution in [3.8, 4) is 0 Å². The Morgan fingerprint density at radius 2 is 2.13 bits per heavy atom. The summed E-state index contributed by atoms with van der Waals surface area (Å²) in [6.45, 7) is 3.06. The van der Waals surface area contributed by atoms with Gasteiger partial charge in [0.2, 0.25) is 10.0 Å². The molecule has 4 rings (SSSR count). The lowest BCUT2D eigenvalue weighted by atomic mass is 9.61. The molecule has 2 aromatic rings. The van der Waals surface area contributed by atoms with Crippen LogP contribution in [0.4, 0.5) is 5.82 Å². The number of fused-ring (bicyclic) bond motifs is 1. The third-order valence-corrected chi connectivity index (χ3v) is 7.11. The Balaban J connectivity index is 1.44. The van der Waals surface area contributed by atoms with Crippen LogP contribution in [0.15, 0.2) is 18.6 Å². The Kier molecular flexibility index (Phi) is 3.18. The van der Waals surface area contributed by atoms with Crippen molar-refractivity contribution >= 4 is 26.9 Å². The predicted octanol–water partition coefficient (Wildman–Crippen LogP) is 1.21. The Bertz CT molecular complexity index is 832. The molecule has 1 spiro atoms. The molecule has 1 saturated carbocycles. The summed E-state index contributed by atoms with van der Waals surface area (Å²) in [5, 5.41) is 1.03. The molecule has 2 aliphatic rings. The minimum atomic E-state index is -3.02. The zero-order chi connectivity index (χ0) is 16.2. The Morgan fingerprint density at radius 1 is 1.39 bits per heavy atom. The van der Waals surface area contributed by atoms with E-state index in [4.69, 9.17) is 0 Å². The van der Waals surface area contributed by atoms with Crippen LogP contribution in [-0.2, 0) is 10.0 Å². The van der Waals surface area contributed by atoms with Gasteiger partial charge < -0.3 is 9.88 Å². The van der Waals surface area contributed by atoms with Crippen LogP contribution in [0, 0.1) is 5.41 Å². The Morgan fingerprint density at radius 3 is 2.83 bits per heavy atom. The molecule has 0 radical (unpaired) electrons. The first-order chi connectivity index (χ1) is 10.9. The topological polar surface area (TPSA) is 82.2 Å². The minimum Gasteiger partial charge on any atom is -0.356 e. The summed E-state index contributed by atoms with van der Waals surface area (Å²) in [5.74, 6) is 1.13. The summed E-state index contributed by atoms with van der Waals surface area (Å²) in [6.07, 6.45) is 5.50. The van der Waals surface area contributed by atoms with Crippen molar-refractivity contribution in [2.75, 3.05) is 30.8 Å². The van der Waals surface area contributed by atoms with Crippen LogP contribution < -0.4 is 4.90 Å². The zero-order valence-electron chi connectivity index (χ0n) is 13.4.